The van der Waals surface area contributed by atoms with Crippen molar-refractivity contribution in [3.8, 4) is 5.69 Å². The zero-order valence-corrected chi connectivity index (χ0v) is 12.1. The van der Waals surface area contributed by atoms with Crippen LogP contribution < -0.4 is 0 Å². The number of carbonyl (C=O) groups excluding carboxylic acids is 1. The lowest BCUT2D eigenvalue weighted by Crippen LogP contribution is -2.40. The fourth-order valence-electron chi connectivity index (χ4n) is 2.79. The first kappa shape index (κ1) is 14.2. The minimum absolute atomic E-state index is 0.229. The summed E-state index contributed by atoms with van der Waals surface area (Å²) in [6.45, 7) is 2.32. The Labute approximate surface area is 127 Å². The molecule has 1 saturated heterocycles. The van der Waals surface area contributed by atoms with Crippen molar-refractivity contribution in [3.63, 3.8) is 0 Å². The zero-order valence-electron chi connectivity index (χ0n) is 12.1. The molecule has 0 radical (unpaired) electrons. The van der Waals surface area contributed by atoms with E-state index in [4.69, 9.17) is 0 Å². The van der Waals surface area contributed by atoms with Gasteiger partial charge in [0, 0.05) is 12.1 Å². The molecule has 1 N–H and O–H groups in total. The van der Waals surface area contributed by atoms with Crippen LogP contribution in [0.1, 0.15) is 28.8 Å². The van der Waals surface area contributed by atoms with E-state index in [0.717, 1.165) is 17.7 Å². The predicted molar refractivity (Wildman–Crippen MR) is 77.8 cm³/mol. The lowest BCUT2D eigenvalue weighted by atomic mass is 10.1. The third kappa shape index (κ3) is 2.45. The van der Waals surface area contributed by atoms with Gasteiger partial charge in [0.2, 0.25) is 0 Å². The van der Waals surface area contributed by atoms with E-state index in [9.17, 15) is 14.7 Å². The van der Waals surface area contributed by atoms with E-state index in [1.807, 2.05) is 13.0 Å². The fourth-order valence-corrected chi connectivity index (χ4v) is 2.79. The molecule has 0 saturated carbocycles. The van der Waals surface area contributed by atoms with E-state index >= 15 is 0 Å². The van der Waals surface area contributed by atoms with Crippen molar-refractivity contribution in [3.05, 3.63) is 42.0 Å². The summed E-state index contributed by atoms with van der Waals surface area (Å²) in [7, 11) is 0. The molecule has 0 bridgehead atoms. The summed E-state index contributed by atoms with van der Waals surface area (Å²) >= 11 is 0. The number of carboxylic acids is 1. The zero-order chi connectivity index (χ0) is 15.7. The van der Waals surface area contributed by atoms with E-state index in [-0.39, 0.29) is 5.91 Å². The topological polar surface area (TPSA) is 88.3 Å². The van der Waals surface area contributed by atoms with Crippen molar-refractivity contribution < 1.29 is 14.7 Å². The first-order valence-corrected chi connectivity index (χ1v) is 7.07. The molecule has 1 aromatic heterocycles. The van der Waals surface area contributed by atoms with E-state index in [1.165, 1.54) is 11.2 Å². The molecular weight excluding hydrogens is 284 g/mol. The third-order valence-electron chi connectivity index (χ3n) is 3.92. The van der Waals surface area contributed by atoms with Gasteiger partial charge in [-0.05, 0) is 43.5 Å². The average Bonchev–Trinajstić information content (AvgIpc) is 3.17. The van der Waals surface area contributed by atoms with Gasteiger partial charge in [-0.1, -0.05) is 0 Å². The number of nitrogens with zero attached hydrogens (tertiary/aromatic N) is 4. The first-order valence-electron chi connectivity index (χ1n) is 7.07. The maximum atomic E-state index is 12.6. The summed E-state index contributed by atoms with van der Waals surface area (Å²) in [4.78, 5) is 29.2. The standard InChI is InChI=1S/C15H16N4O3/c1-10-7-11(19-9-16-8-17-19)4-5-12(10)14(20)18-6-2-3-13(18)15(21)22/h4-5,7-9,13H,2-3,6H2,1H3,(H,21,22)/t13-/m0/s1. The van der Waals surface area contributed by atoms with Crippen LogP contribution in [0.15, 0.2) is 30.9 Å². The molecular formula is C15H16N4O3. The number of carboxylic acid groups (broad SMARTS) is 1. The highest BCUT2D eigenvalue weighted by Crippen LogP contribution is 2.23. The van der Waals surface area contributed by atoms with Crippen LogP contribution in [-0.2, 0) is 4.79 Å². The molecule has 1 fully saturated rings. The van der Waals surface area contributed by atoms with Gasteiger partial charge in [-0.2, -0.15) is 5.10 Å². The Hall–Kier alpha value is -2.70. The molecule has 7 heteroatoms. The van der Waals surface area contributed by atoms with Crippen molar-refractivity contribution in [2.24, 2.45) is 0 Å². The maximum absolute atomic E-state index is 12.6. The number of aryl methyl sites for hydroxylation is 1. The highest BCUT2D eigenvalue weighted by molar-refractivity contribution is 5.98. The van der Waals surface area contributed by atoms with Crippen LogP contribution in [0.25, 0.3) is 5.69 Å². The van der Waals surface area contributed by atoms with Crippen molar-refractivity contribution in [1.29, 1.82) is 0 Å². The maximum Gasteiger partial charge on any atom is 0.326 e. The van der Waals surface area contributed by atoms with Crippen molar-refractivity contribution in [2.45, 2.75) is 25.8 Å². The number of benzene rings is 1. The summed E-state index contributed by atoms with van der Waals surface area (Å²) in [5, 5.41) is 13.3. The van der Waals surface area contributed by atoms with Crippen LogP contribution in [0, 0.1) is 6.92 Å². The van der Waals surface area contributed by atoms with Gasteiger partial charge in [-0.25, -0.2) is 14.5 Å². The van der Waals surface area contributed by atoms with Gasteiger partial charge < -0.3 is 10.0 Å². The lowest BCUT2D eigenvalue weighted by Gasteiger charge is -2.22. The molecule has 1 aromatic carbocycles. The highest BCUT2D eigenvalue weighted by Gasteiger charge is 2.34. The molecule has 2 aromatic rings. The molecule has 1 atom stereocenters. The average molecular weight is 300 g/mol. The Morgan fingerprint density at radius 1 is 1.36 bits per heavy atom. The Balaban J connectivity index is 1.89. The van der Waals surface area contributed by atoms with Gasteiger partial charge in [-0.15, -0.1) is 0 Å². The first-order chi connectivity index (χ1) is 10.6. The number of likely N-dealkylation sites (tertiary alicyclic amines) is 1. The molecule has 1 aliphatic heterocycles. The van der Waals surface area contributed by atoms with Gasteiger partial charge in [0.05, 0.1) is 5.69 Å². The Morgan fingerprint density at radius 2 is 2.18 bits per heavy atom. The second kappa shape index (κ2) is 5.59. The highest BCUT2D eigenvalue weighted by atomic mass is 16.4. The predicted octanol–water partition coefficient (Wildman–Crippen LogP) is 1.26. The molecule has 0 aliphatic carbocycles. The molecule has 7 nitrogen and oxygen atoms in total. The van der Waals surface area contributed by atoms with Crippen molar-refractivity contribution >= 4 is 11.9 Å². The van der Waals surface area contributed by atoms with Crippen molar-refractivity contribution in [2.75, 3.05) is 6.54 Å². The number of hydrogen-bond acceptors (Lipinski definition) is 4. The van der Waals surface area contributed by atoms with E-state index in [0.29, 0.717) is 18.5 Å². The number of aliphatic carboxylic acids is 1. The smallest absolute Gasteiger partial charge is 0.326 e. The van der Waals surface area contributed by atoms with Crippen LogP contribution in [0.3, 0.4) is 0 Å². The second-order valence-electron chi connectivity index (χ2n) is 5.33. The van der Waals surface area contributed by atoms with Crippen LogP contribution in [-0.4, -0.2) is 49.2 Å². The molecule has 1 aliphatic rings. The number of hydrogen-bond donors (Lipinski definition) is 1. The molecule has 1 amide bonds. The summed E-state index contributed by atoms with van der Waals surface area (Å²) in [6.07, 6.45) is 4.25. The minimum Gasteiger partial charge on any atom is -0.480 e. The van der Waals surface area contributed by atoms with Gasteiger partial charge >= 0.3 is 5.97 Å². The summed E-state index contributed by atoms with van der Waals surface area (Å²) in [6, 6.07) is 4.61. The van der Waals surface area contributed by atoms with E-state index in [2.05, 4.69) is 10.1 Å². The molecule has 0 spiro atoms. The molecule has 114 valence electrons. The van der Waals surface area contributed by atoms with Gasteiger partial charge in [0.25, 0.3) is 5.91 Å². The molecule has 2 heterocycles. The minimum atomic E-state index is -0.942. The lowest BCUT2D eigenvalue weighted by molar-refractivity contribution is -0.141. The van der Waals surface area contributed by atoms with E-state index in [1.54, 1.807) is 23.1 Å². The second-order valence-corrected chi connectivity index (χ2v) is 5.33. The quantitative estimate of drug-likeness (QED) is 0.922. The van der Waals surface area contributed by atoms with Crippen LogP contribution in [0.5, 0.6) is 0 Å². The molecule has 3 rings (SSSR count). The van der Waals surface area contributed by atoms with Crippen LogP contribution in [0.2, 0.25) is 0 Å². The number of amides is 1. The van der Waals surface area contributed by atoms with Crippen LogP contribution >= 0.6 is 0 Å². The monoisotopic (exact) mass is 300 g/mol. The van der Waals surface area contributed by atoms with Crippen molar-refractivity contribution in [1.82, 2.24) is 19.7 Å². The largest absolute Gasteiger partial charge is 0.480 e. The normalized spacial score (nSPS) is 17.7. The molecule has 0 unspecified atom stereocenters. The Kier molecular flexibility index (Phi) is 3.62. The number of aromatic nitrogens is 3. The van der Waals surface area contributed by atoms with Crippen LogP contribution in [0.4, 0.5) is 0 Å². The molecule has 22 heavy (non-hydrogen) atoms. The fraction of sp³-hybridized carbons (Fsp3) is 0.333. The summed E-state index contributed by atoms with van der Waals surface area (Å²) in [5.74, 6) is -1.17. The van der Waals surface area contributed by atoms with E-state index < -0.39 is 12.0 Å². The summed E-state index contributed by atoms with van der Waals surface area (Å²) in [5.41, 5.74) is 2.12. The van der Waals surface area contributed by atoms with Gasteiger partial charge in [0.15, 0.2) is 0 Å². The third-order valence-corrected chi connectivity index (χ3v) is 3.92. The number of rotatable bonds is 3. The number of carbonyl (C=O) groups is 2. The Bertz CT molecular complexity index is 712. The van der Waals surface area contributed by atoms with Gasteiger partial charge in [-0.3, -0.25) is 4.79 Å². The Morgan fingerprint density at radius 3 is 2.82 bits per heavy atom. The SMILES string of the molecule is Cc1cc(-n2cncn2)ccc1C(=O)N1CCC[C@H]1C(=O)O. The van der Waals surface area contributed by atoms with Gasteiger partial charge in [0.1, 0.15) is 18.7 Å². The summed E-state index contributed by atoms with van der Waals surface area (Å²) < 4.78 is 1.61.